The van der Waals surface area contributed by atoms with E-state index in [1.54, 1.807) is 18.4 Å². The van der Waals surface area contributed by atoms with Gasteiger partial charge in [-0.25, -0.2) is 4.68 Å². The maximum Gasteiger partial charge on any atom is 0.312 e. The maximum absolute atomic E-state index is 13.0. The third kappa shape index (κ3) is 5.26. The van der Waals surface area contributed by atoms with Crippen LogP contribution in [0.2, 0.25) is 0 Å². The highest BCUT2D eigenvalue weighted by atomic mass is 32.1. The highest BCUT2D eigenvalue weighted by Crippen LogP contribution is 2.47. The molecule has 2 aromatic heterocycles. The first-order valence-electron chi connectivity index (χ1n) is 12.4. The van der Waals surface area contributed by atoms with Crippen LogP contribution in [0.25, 0.3) is 11.0 Å². The van der Waals surface area contributed by atoms with Crippen LogP contribution in [0, 0.1) is 19.3 Å². The highest BCUT2D eigenvalue weighted by Gasteiger charge is 2.42. The fourth-order valence-electron chi connectivity index (χ4n) is 4.84. The van der Waals surface area contributed by atoms with Crippen LogP contribution >= 0.6 is 11.3 Å². The molecule has 0 radical (unpaired) electrons. The molecule has 0 fully saturated rings. The number of nitrogens with zero attached hydrogens (tertiary/aromatic N) is 3. The van der Waals surface area contributed by atoms with Crippen LogP contribution in [0.4, 0.5) is 0 Å². The SMILES string of the molecule is CCn1nnc2c(C)c(C(c3cc(COCc4ccc(OC)cc4)c(C)s3)C(C)(C)C(=O)OC)ccc21. The van der Waals surface area contributed by atoms with Crippen molar-refractivity contribution in [2.75, 3.05) is 14.2 Å². The largest absolute Gasteiger partial charge is 0.497 e. The molecule has 1 atom stereocenters. The van der Waals surface area contributed by atoms with Crippen molar-refractivity contribution in [3.8, 4) is 5.75 Å². The van der Waals surface area contributed by atoms with Crippen molar-refractivity contribution in [3.63, 3.8) is 0 Å². The summed E-state index contributed by atoms with van der Waals surface area (Å²) in [7, 11) is 3.10. The summed E-state index contributed by atoms with van der Waals surface area (Å²) in [6, 6.07) is 14.2. The molecule has 7 nitrogen and oxygen atoms in total. The summed E-state index contributed by atoms with van der Waals surface area (Å²) in [4.78, 5) is 15.3. The zero-order valence-electron chi connectivity index (χ0n) is 22.6. The molecule has 0 aliphatic carbocycles. The number of esters is 1. The molecule has 4 aromatic rings. The second kappa shape index (κ2) is 11.0. The second-order valence-electron chi connectivity index (χ2n) is 9.77. The molecule has 0 spiro atoms. The zero-order chi connectivity index (χ0) is 26.7. The van der Waals surface area contributed by atoms with Gasteiger partial charge in [0.1, 0.15) is 11.3 Å². The molecule has 0 saturated carbocycles. The Hall–Kier alpha value is -3.23. The topological polar surface area (TPSA) is 75.5 Å². The number of hydrogen-bond acceptors (Lipinski definition) is 7. The van der Waals surface area contributed by atoms with Crippen molar-refractivity contribution in [2.45, 2.75) is 60.3 Å². The molecule has 0 aliphatic heterocycles. The van der Waals surface area contributed by atoms with E-state index in [2.05, 4.69) is 42.4 Å². The fraction of sp³-hybridized carbons (Fsp3) is 0.414. The third-order valence-corrected chi connectivity index (χ3v) is 8.19. The number of fused-ring (bicyclic) bond motifs is 1. The zero-order valence-corrected chi connectivity index (χ0v) is 23.4. The van der Waals surface area contributed by atoms with Gasteiger partial charge in [-0.1, -0.05) is 23.4 Å². The van der Waals surface area contributed by atoms with Crippen LogP contribution in [-0.4, -0.2) is 35.2 Å². The Bertz CT molecular complexity index is 1390. The second-order valence-corrected chi connectivity index (χ2v) is 11.1. The molecule has 0 amide bonds. The van der Waals surface area contributed by atoms with E-state index in [0.29, 0.717) is 13.2 Å². The third-order valence-electron chi connectivity index (χ3n) is 7.04. The number of rotatable bonds is 10. The lowest BCUT2D eigenvalue weighted by molar-refractivity contribution is -0.151. The van der Waals surface area contributed by atoms with Crippen LogP contribution in [0.5, 0.6) is 5.75 Å². The Balaban J connectivity index is 1.67. The number of carbonyl (C=O) groups excluding carboxylic acids is 1. The average Bonchev–Trinajstić information content (AvgIpc) is 3.48. The molecule has 4 rings (SSSR count). The van der Waals surface area contributed by atoms with Crippen molar-refractivity contribution >= 4 is 28.3 Å². The van der Waals surface area contributed by atoms with Gasteiger partial charge in [0.05, 0.1) is 38.4 Å². The Morgan fingerprint density at radius 2 is 1.81 bits per heavy atom. The monoisotopic (exact) mass is 521 g/mol. The lowest BCUT2D eigenvalue weighted by Crippen LogP contribution is -2.33. The van der Waals surface area contributed by atoms with E-state index in [1.165, 1.54) is 12.0 Å². The minimum absolute atomic E-state index is 0.213. The van der Waals surface area contributed by atoms with Gasteiger partial charge < -0.3 is 14.2 Å². The number of ether oxygens (including phenoxy) is 3. The molecular formula is C29H35N3O4S. The Morgan fingerprint density at radius 1 is 1.08 bits per heavy atom. The van der Waals surface area contributed by atoms with Crippen molar-refractivity contribution in [3.05, 3.63) is 74.5 Å². The normalized spacial score (nSPS) is 12.6. The van der Waals surface area contributed by atoms with Gasteiger partial charge in [0.25, 0.3) is 0 Å². The summed E-state index contributed by atoms with van der Waals surface area (Å²) in [5, 5.41) is 8.75. The summed E-state index contributed by atoms with van der Waals surface area (Å²) >= 11 is 1.70. The van der Waals surface area contributed by atoms with Crippen LogP contribution in [-0.2, 0) is 34.0 Å². The first-order chi connectivity index (χ1) is 17.7. The minimum atomic E-state index is -0.799. The van der Waals surface area contributed by atoms with E-state index in [9.17, 15) is 4.79 Å². The Labute approximate surface area is 222 Å². The Kier molecular flexibility index (Phi) is 7.99. The van der Waals surface area contributed by atoms with Gasteiger partial charge in [-0.2, -0.15) is 0 Å². The van der Waals surface area contributed by atoms with Crippen LogP contribution in [0.1, 0.15) is 58.7 Å². The number of methoxy groups -OCH3 is 2. The first kappa shape index (κ1) is 26.8. The Morgan fingerprint density at radius 3 is 2.46 bits per heavy atom. The molecule has 0 aliphatic rings. The predicted octanol–water partition coefficient (Wildman–Crippen LogP) is 6.19. The van der Waals surface area contributed by atoms with E-state index in [-0.39, 0.29) is 11.9 Å². The molecule has 1 unspecified atom stereocenters. The quantitative estimate of drug-likeness (QED) is 0.232. The molecule has 37 heavy (non-hydrogen) atoms. The van der Waals surface area contributed by atoms with E-state index in [4.69, 9.17) is 14.2 Å². The van der Waals surface area contributed by atoms with Gasteiger partial charge in [0, 0.05) is 22.2 Å². The lowest BCUT2D eigenvalue weighted by Gasteiger charge is -2.32. The lowest BCUT2D eigenvalue weighted by atomic mass is 9.72. The van der Waals surface area contributed by atoms with Gasteiger partial charge in [-0.3, -0.25) is 4.79 Å². The van der Waals surface area contributed by atoms with Gasteiger partial charge in [-0.15, -0.1) is 16.4 Å². The van der Waals surface area contributed by atoms with Crippen LogP contribution in [0.15, 0.2) is 42.5 Å². The smallest absolute Gasteiger partial charge is 0.312 e. The molecule has 196 valence electrons. The minimum Gasteiger partial charge on any atom is -0.497 e. The van der Waals surface area contributed by atoms with Gasteiger partial charge >= 0.3 is 5.97 Å². The summed E-state index contributed by atoms with van der Waals surface area (Å²) in [5.74, 6) is 0.361. The molecule has 8 heteroatoms. The molecule has 0 bridgehead atoms. The highest BCUT2D eigenvalue weighted by molar-refractivity contribution is 7.12. The number of aromatic nitrogens is 3. The predicted molar refractivity (Wildman–Crippen MR) is 146 cm³/mol. The molecule has 0 N–H and O–H groups in total. The maximum atomic E-state index is 13.0. The first-order valence-corrected chi connectivity index (χ1v) is 13.2. The molecule has 2 heterocycles. The molecular weight excluding hydrogens is 486 g/mol. The average molecular weight is 522 g/mol. The number of carbonyl (C=O) groups is 1. The molecule has 2 aromatic carbocycles. The van der Waals surface area contributed by atoms with E-state index in [0.717, 1.165) is 50.5 Å². The van der Waals surface area contributed by atoms with Gasteiger partial charge in [0.2, 0.25) is 0 Å². The fourth-order valence-corrected chi connectivity index (χ4v) is 6.18. The summed E-state index contributed by atoms with van der Waals surface area (Å²) in [6.45, 7) is 11.9. The van der Waals surface area contributed by atoms with Gasteiger partial charge in [-0.05, 0) is 81.1 Å². The number of hydrogen-bond donors (Lipinski definition) is 0. The summed E-state index contributed by atoms with van der Waals surface area (Å²) in [5.41, 5.74) is 5.35. The standard InChI is InChI=1S/C29H35N3O4S/c1-8-32-24-14-13-23(18(2)27(24)30-31-32)26(29(4,5)28(33)35-7)25-15-21(19(3)37-25)17-36-16-20-9-11-22(34-6)12-10-20/h9-15,26H,8,16-17H2,1-7H3. The number of benzene rings is 2. The molecule has 0 saturated heterocycles. The van der Waals surface area contributed by atoms with Crippen molar-refractivity contribution in [1.82, 2.24) is 15.0 Å². The van der Waals surface area contributed by atoms with Crippen molar-refractivity contribution in [1.29, 1.82) is 0 Å². The van der Waals surface area contributed by atoms with Crippen LogP contribution in [0.3, 0.4) is 0 Å². The number of thiophene rings is 1. The van der Waals surface area contributed by atoms with E-state index < -0.39 is 5.41 Å². The van der Waals surface area contributed by atoms with E-state index >= 15 is 0 Å². The van der Waals surface area contributed by atoms with E-state index in [1.807, 2.05) is 49.7 Å². The summed E-state index contributed by atoms with van der Waals surface area (Å²) < 4.78 is 18.4. The summed E-state index contributed by atoms with van der Waals surface area (Å²) in [6.07, 6.45) is 0. The van der Waals surface area contributed by atoms with Crippen molar-refractivity contribution in [2.24, 2.45) is 5.41 Å². The number of aryl methyl sites for hydroxylation is 3. The van der Waals surface area contributed by atoms with Gasteiger partial charge in [0.15, 0.2) is 0 Å². The van der Waals surface area contributed by atoms with Crippen LogP contribution < -0.4 is 4.74 Å². The van der Waals surface area contributed by atoms with Crippen molar-refractivity contribution < 1.29 is 19.0 Å².